The molecule has 3 aliphatic rings. The normalized spacial score (nSPS) is 39.0. The Morgan fingerprint density at radius 2 is 1.89 bits per heavy atom. The molecule has 0 aromatic carbocycles. The van der Waals surface area contributed by atoms with Crippen LogP contribution in [0.25, 0.3) is 0 Å². The van der Waals surface area contributed by atoms with E-state index in [4.69, 9.17) is 0 Å². The third kappa shape index (κ3) is 1.91. The van der Waals surface area contributed by atoms with Crippen molar-refractivity contribution >= 4 is 11.9 Å². The van der Waals surface area contributed by atoms with Crippen molar-refractivity contribution < 1.29 is 14.7 Å². The van der Waals surface area contributed by atoms with Crippen molar-refractivity contribution in [3.8, 4) is 0 Å². The zero-order chi connectivity index (χ0) is 12.7. The first-order valence-corrected chi connectivity index (χ1v) is 7.20. The van der Waals surface area contributed by atoms with Crippen LogP contribution >= 0.6 is 0 Å². The quantitative estimate of drug-likeness (QED) is 0.815. The van der Waals surface area contributed by atoms with Crippen molar-refractivity contribution in [2.75, 3.05) is 6.54 Å². The van der Waals surface area contributed by atoms with Crippen LogP contribution in [0.5, 0.6) is 0 Å². The fraction of sp³-hybridized carbons (Fsp3) is 0.857. The molecule has 18 heavy (non-hydrogen) atoms. The van der Waals surface area contributed by atoms with E-state index < -0.39 is 12.0 Å². The molecule has 3 rings (SSSR count). The lowest BCUT2D eigenvalue weighted by Gasteiger charge is -2.36. The van der Waals surface area contributed by atoms with E-state index in [1.807, 2.05) is 0 Å². The smallest absolute Gasteiger partial charge is 0.326 e. The minimum atomic E-state index is -0.828. The van der Waals surface area contributed by atoms with E-state index in [-0.39, 0.29) is 11.8 Å². The Hall–Kier alpha value is -1.06. The Bertz CT molecular complexity index is 368. The number of piperidine rings is 1. The summed E-state index contributed by atoms with van der Waals surface area (Å²) in [5.41, 5.74) is 0. The fourth-order valence-electron chi connectivity index (χ4n) is 4.21. The van der Waals surface area contributed by atoms with Crippen LogP contribution < -0.4 is 0 Å². The summed E-state index contributed by atoms with van der Waals surface area (Å²) >= 11 is 0. The maximum atomic E-state index is 12.6. The Balaban J connectivity index is 1.72. The summed E-state index contributed by atoms with van der Waals surface area (Å²) in [7, 11) is 0. The highest BCUT2D eigenvalue weighted by molar-refractivity contribution is 5.85. The third-order valence-corrected chi connectivity index (χ3v) is 5.13. The van der Waals surface area contributed by atoms with Gasteiger partial charge in [0.1, 0.15) is 6.04 Å². The zero-order valence-electron chi connectivity index (χ0n) is 10.7. The molecule has 3 unspecified atom stereocenters. The number of hydrogen-bond acceptors (Lipinski definition) is 2. The van der Waals surface area contributed by atoms with Gasteiger partial charge >= 0.3 is 5.97 Å². The van der Waals surface area contributed by atoms with Gasteiger partial charge in [-0.25, -0.2) is 4.79 Å². The second kappa shape index (κ2) is 4.56. The number of carboxylic acid groups (broad SMARTS) is 1. The molecule has 2 aliphatic carbocycles. The molecule has 0 aromatic rings. The summed E-state index contributed by atoms with van der Waals surface area (Å²) in [4.78, 5) is 25.5. The van der Waals surface area contributed by atoms with E-state index in [1.54, 1.807) is 4.90 Å². The van der Waals surface area contributed by atoms with Crippen LogP contribution in [0.4, 0.5) is 0 Å². The number of carboxylic acids is 1. The van der Waals surface area contributed by atoms with Crippen molar-refractivity contribution in [2.45, 2.75) is 51.0 Å². The molecule has 3 fully saturated rings. The van der Waals surface area contributed by atoms with E-state index in [9.17, 15) is 14.7 Å². The first-order valence-electron chi connectivity index (χ1n) is 7.20. The Labute approximate surface area is 107 Å². The summed E-state index contributed by atoms with van der Waals surface area (Å²) in [5, 5.41) is 9.24. The highest BCUT2D eigenvalue weighted by atomic mass is 16.4. The number of hydrogen-bond donors (Lipinski definition) is 1. The van der Waals surface area contributed by atoms with Gasteiger partial charge in [-0.2, -0.15) is 0 Å². The molecule has 0 spiro atoms. The Morgan fingerprint density at radius 3 is 2.50 bits per heavy atom. The highest BCUT2D eigenvalue weighted by Gasteiger charge is 2.46. The van der Waals surface area contributed by atoms with Crippen LogP contribution in [0.3, 0.4) is 0 Å². The van der Waals surface area contributed by atoms with Gasteiger partial charge in [-0.05, 0) is 50.4 Å². The van der Waals surface area contributed by atoms with Gasteiger partial charge in [0.2, 0.25) is 5.91 Å². The van der Waals surface area contributed by atoms with Crippen LogP contribution in [-0.2, 0) is 9.59 Å². The number of nitrogens with zero attached hydrogens (tertiary/aromatic N) is 1. The van der Waals surface area contributed by atoms with Crippen LogP contribution in [-0.4, -0.2) is 34.5 Å². The molecule has 2 bridgehead atoms. The standard InChI is InChI=1S/C14H21NO3/c16-13(11-8-9-4-5-10(11)7-9)15-6-2-1-3-12(15)14(17)18/h9-12H,1-8H2,(H,17,18)/t9?,10?,11?,12-/m1/s1. The molecular formula is C14H21NO3. The largest absolute Gasteiger partial charge is 0.480 e. The summed E-state index contributed by atoms with van der Waals surface area (Å²) < 4.78 is 0. The molecule has 1 heterocycles. The fourth-order valence-corrected chi connectivity index (χ4v) is 4.21. The molecular weight excluding hydrogens is 230 g/mol. The first-order chi connectivity index (χ1) is 8.66. The topological polar surface area (TPSA) is 57.6 Å². The number of rotatable bonds is 2. The lowest BCUT2D eigenvalue weighted by molar-refractivity contribution is -0.154. The number of likely N-dealkylation sites (tertiary alicyclic amines) is 1. The van der Waals surface area contributed by atoms with Crippen molar-refractivity contribution in [1.82, 2.24) is 4.90 Å². The van der Waals surface area contributed by atoms with Gasteiger partial charge < -0.3 is 10.0 Å². The molecule has 1 saturated heterocycles. The number of carbonyl (C=O) groups excluding carboxylic acids is 1. The SMILES string of the molecule is O=C(O)[C@H]1CCCCN1C(=O)C1CC2CCC1C2. The molecule has 4 atom stereocenters. The van der Waals surface area contributed by atoms with E-state index >= 15 is 0 Å². The van der Waals surface area contributed by atoms with E-state index in [0.29, 0.717) is 18.9 Å². The molecule has 4 heteroatoms. The molecule has 0 aromatic heterocycles. The monoisotopic (exact) mass is 251 g/mol. The Kier molecular flexibility index (Phi) is 3.04. The molecule has 1 aliphatic heterocycles. The lowest BCUT2D eigenvalue weighted by atomic mass is 9.86. The average Bonchev–Trinajstić information content (AvgIpc) is 3.00. The van der Waals surface area contributed by atoms with Gasteiger partial charge in [-0.1, -0.05) is 6.42 Å². The van der Waals surface area contributed by atoms with Crippen LogP contribution in [0.1, 0.15) is 44.9 Å². The minimum Gasteiger partial charge on any atom is -0.480 e. The van der Waals surface area contributed by atoms with Gasteiger partial charge in [0.15, 0.2) is 0 Å². The average molecular weight is 251 g/mol. The van der Waals surface area contributed by atoms with Crippen LogP contribution in [0, 0.1) is 17.8 Å². The third-order valence-electron chi connectivity index (χ3n) is 5.13. The van der Waals surface area contributed by atoms with E-state index in [0.717, 1.165) is 25.2 Å². The van der Waals surface area contributed by atoms with Gasteiger partial charge in [-0.3, -0.25) is 4.79 Å². The summed E-state index contributed by atoms with van der Waals surface area (Å²) in [6.45, 7) is 0.643. The zero-order valence-corrected chi connectivity index (χ0v) is 10.7. The van der Waals surface area contributed by atoms with Gasteiger partial charge in [0.05, 0.1) is 0 Å². The predicted molar refractivity (Wildman–Crippen MR) is 65.9 cm³/mol. The van der Waals surface area contributed by atoms with Gasteiger partial charge in [-0.15, -0.1) is 0 Å². The summed E-state index contributed by atoms with van der Waals surface area (Å²) in [5.74, 6) is 0.708. The molecule has 1 amide bonds. The van der Waals surface area contributed by atoms with Crippen molar-refractivity contribution in [3.63, 3.8) is 0 Å². The molecule has 0 radical (unpaired) electrons. The maximum Gasteiger partial charge on any atom is 0.326 e. The van der Waals surface area contributed by atoms with Gasteiger partial charge in [0, 0.05) is 12.5 Å². The molecule has 4 nitrogen and oxygen atoms in total. The van der Waals surface area contributed by atoms with Crippen LogP contribution in [0.15, 0.2) is 0 Å². The lowest BCUT2D eigenvalue weighted by Crippen LogP contribution is -2.50. The summed E-state index contributed by atoms with van der Waals surface area (Å²) in [6.07, 6.45) is 7.16. The second-order valence-electron chi connectivity index (χ2n) is 6.16. The van der Waals surface area contributed by atoms with E-state index in [1.165, 1.54) is 19.3 Å². The van der Waals surface area contributed by atoms with Crippen LogP contribution in [0.2, 0.25) is 0 Å². The number of fused-ring (bicyclic) bond motifs is 2. The molecule has 100 valence electrons. The Morgan fingerprint density at radius 1 is 1.06 bits per heavy atom. The highest BCUT2D eigenvalue weighted by Crippen LogP contribution is 2.49. The minimum absolute atomic E-state index is 0.128. The first kappa shape index (κ1) is 12.0. The number of amides is 1. The number of aliphatic carboxylic acids is 1. The molecule has 1 N–H and O–H groups in total. The summed E-state index contributed by atoms with van der Waals surface area (Å²) in [6, 6.07) is -0.564. The van der Waals surface area contributed by atoms with E-state index in [2.05, 4.69) is 0 Å². The predicted octanol–water partition coefficient (Wildman–Crippen LogP) is 1.89. The van der Waals surface area contributed by atoms with Crippen molar-refractivity contribution in [3.05, 3.63) is 0 Å². The second-order valence-corrected chi connectivity index (χ2v) is 6.16. The van der Waals surface area contributed by atoms with Crippen molar-refractivity contribution in [2.24, 2.45) is 17.8 Å². The maximum absolute atomic E-state index is 12.6. The van der Waals surface area contributed by atoms with Crippen molar-refractivity contribution in [1.29, 1.82) is 0 Å². The van der Waals surface area contributed by atoms with Gasteiger partial charge in [0.25, 0.3) is 0 Å². The number of carbonyl (C=O) groups is 2. The molecule has 2 saturated carbocycles.